The molecule has 0 aromatic heterocycles. The third-order valence-electron chi connectivity index (χ3n) is 6.01. The Labute approximate surface area is 216 Å². The van der Waals surface area contributed by atoms with Gasteiger partial charge in [-0.2, -0.15) is 0 Å². The predicted octanol–water partition coefficient (Wildman–Crippen LogP) is 5.75. The standard InChI is InChI=1S/C29H32F2N2O2S/c1-3-21(2)32-29(35)27(17-22-11-5-4-6-12-22)33(18-23-13-7-9-15-25(23)30)28(34)20-36-19-24-14-8-10-16-26(24)31/h4-16,21,27H,3,17-20H2,1-2H3,(H,32,35)/t21-,27+/m1/s1. The lowest BCUT2D eigenvalue weighted by atomic mass is 10.0. The third kappa shape index (κ3) is 7.92. The zero-order valence-corrected chi connectivity index (χ0v) is 21.4. The highest BCUT2D eigenvalue weighted by molar-refractivity contribution is 7.99. The molecule has 3 aromatic carbocycles. The minimum absolute atomic E-state index is 0.0324. The van der Waals surface area contributed by atoms with E-state index in [2.05, 4.69) is 5.32 Å². The van der Waals surface area contributed by atoms with E-state index >= 15 is 0 Å². The number of hydrogen-bond acceptors (Lipinski definition) is 3. The summed E-state index contributed by atoms with van der Waals surface area (Å²) in [4.78, 5) is 28.4. The van der Waals surface area contributed by atoms with E-state index in [1.165, 1.54) is 28.8 Å². The van der Waals surface area contributed by atoms with E-state index in [-0.39, 0.29) is 36.0 Å². The van der Waals surface area contributed by atoms with Crippen molar-refractivity contribution in [1.29, 1.82) is 0 Å². The molecule has 7 heteroatoms. The van der Waals surface area contributed by atoms with E-state index in [9.17, 15) is 18.4 Å². The maximum atomic E-state index is 14.6. The molecule has 0 radical (unpaired) electrons. The Morgan fingerprint density at radius 3 is 2.08 bits per heavy atom. The summed E-state index contributed by atoms with van der Waals surface area (Å²) in [5.74, 6) is -0.999. The average molecular weight is 511 g/mol. The summed E-state index contributed by atoms with van der Waals surface area (Å²) < 4.78 is 28.6. The fourth-order valence-corrected chi connectivity index (χ4v) is 4.65. The van der Waals surface area contributed by atoms with Crippen molar-refractivity contribution in [2.75, 3.05) is 5.75 Å². The Morgan fingerprint density at radius 1 is 0.889 bits per heavy atom. The van der Waals surface area contributed by atoms with Gasteiger partial charge in [-0.05, 0) is 36.6 Å². The molecule has 2 atom stereocenters. The van der Waals surface area contributed by atoms with E-state index in [4.69, 9.17) is 0 Å². The Bertz CT molecular complexity index is 1140. The molecule has 3 rings (SSSR count). The number of rotatable bonds is 12. The Hall–Kier alpha value is -3.19. The van der Waals surface area contributed by atoms with E-state index in [0.29, 0.717) is 23.3 Å². The van der Waals surface area contributed by atoms with Crippen molar-refractivity contribution in [1.82, 2.24) is 10.2 Å². The molecular formula is C29H32F2N2O2S. The first-order chi connectivity index (χ1) is 17.4. The van der Waals surface area contributed by atoms with Gasteiger partial charge in [0.05, 0.1) is 5.75 Å². The van der Waals surface area contributed by atoms with Crippen LogP contribution in [0.3, 0.4) is 0 Å². The molecule has 2 amide bonds. The van der Waals surface area contributed by atoms with Crippen molar-refractivity contribution < 1.29 is 18.4 Å². The highest BCUT2D eigenvalue weighted by Crippen LogP contribution is 2.20. The lowest BCUT2D eigenvalue weighted by Crippen LogP contribution is -2.52. The normalized spacial score (nSPS) is 12.6. The number of carbonyl (C=O) groups excluding carboxylic acids is 2. The van der Waals surface area contributed by atoms with Crippen molar-refractivity contribution in [3.8, 4) is 0 Å². The molecule has 0 saturated heterocycles. The Balaban J connectivity index is 1.87. The Morgan fingerprint density at radius 2 is 1.47 bits per heavy atom. The summed E-state index contributed by atoms with van der Waals surface area (Å²) in [5.41, 5.74) is 1.73. The second-order valence-electron chi connectivity index (χ2n) is 8.72. The van der Waals surface area contributed by atoms with Gasteiger partial charge in [0.1, 0.15) is 17.7 Å². The van der Waals surface area contributed by atoms with Gasteiger partial charge in [-0.1, -0.05) is 73.7 Å². The quantitative estimate of drug-likeness (QED) is 0.337. The minimum Gasteiger partial charge on any atom is -0.352 e. The van der Waals surface area contributed by atoms with Crippen LogP contribution < -0.4 is 5.32 Å². The number of thioether (sulfide) groups is 1. The van der Waals surface area contributed by atoms with Crippen molar-refractivity contribution >= 4 is 23.6 Å². The molecule has 0 aliphatic rings. The highest BCUT2D eigenvalue weighted by Gasteiger charge is 2.31. The van der Waals surface area contributed by atoms with Crippen LogP contribution in [0.1, 0.15) is 37.0 Å². The molecule has 0 saturated carbocycles. The molecule has 0 bridgehead atoms. The van der Waals surface area contributed by atoms with Gasteiger partial charge in [-0.3, -0.25) is 9.59 Å². The summed E-state index contributed by atoms with van der Waals surface area (Å²) in [6.07, 6.45) is 1.03. The van der Waals surface area contributed by atoms with Gasteiger partial charge in [-0.15, -0.1) is 11.8 Å². The molecule has 0 aliphatic carbocycles. The highest BCUT2D eigenvalue weighted by atomic mass is 32.2. The number of amides is 2. The van der Waals surface area contributed by atoms with Crippen LogP contribution in [0.25, 0.3) is 0 Å². The number of benzene rings is 3. The van der Waals surface area contributed by atoms with Crippen LogP contribution in [0, 0.1) is 11.6 Å². The number of nitrogens with one attached hydrogen (secondary N) is 1. The zero-order valence-electron chi connectivity index (χ0n) is 20.6. The fourth-order valence-electron chi connectivity index (χ4n) is 3.75. The maximum absolute atomic E-state index is 14.6. The van der Waals surface area contributed by atoms with Gasteiger partial charge in [0.25, 0.3) is 0 Å². The molecule has 190 valence electrons. The summed E-state index contributed by atoms with van der Waals surface area (Å²) in [6.45, 7) is 3.83. The first-order valence-corrected chi connectivity index (χ1v) is 13.2. The predicted molar refractivity (Wildman–Crippen MR) is 141 cm³/mol. The van der Waals surface area contributed by atoms with Crippen LogP contribution >= 0.6 is 11.8 Å². The van der Waals surface area contributed by atoms with Crippen LogP contribution in [0.15, 0.2) is 78.9 Å². The maximum Gasteiger partial charge on any atom is 0.243 e. The van der Waals surface area contributed by atoms with Crippen molar-refractivity contribution in [3.05, 3.63) is 107 Å². The number of nitrogens with zero attached hydrogens (tertiary/aromatic N) is 1. The van der Waals surface area contributed by atoms with E-state index in [0.717, 1.165) is 12.0 Å². The van der Waals surface area contributed by atoms with Crippen LogP contribution in [-0.4, -0.2) is 34.6 Å². The van der Waals surface area contributed by atoms with Gasteiger partial charge >= 0.3 is 0 Å². The van der Waals surface area contributed by atoms with E-state index < -0.39 is 11.9 Å². The molecule has 0 fully saturated rings. The lowest BCUT2D eigenvalue weighted by molar-refractivity contribution is -0.139. The average Bonchev–Trinajstić information content (AvgIpc) is 2.88. The van der Waals surface area contributed by atoms with Crippen molar-refractivity contribution in [3.63, 3.8) is 0 Å². The molecule has 3 aromatic rings. The van der Waals surface area contributed by atoms with Gasteiger partial charge in [0.2, 0.25) is 11.8 Å². The molecule has 4 nitrogen and oxygen atoms in total. The summed E-state index contributed by atoms with van der Waals surface area (Å²) in [6, 6.07) is 21.3. The topological polar surface area (TPSA) is 49.4 Å². The number of halogens is 2. The molecule has 0 spiro atoms. The molecule has 0 aliphatic heterocycles. The number of hydrogen-bond donors (Lipinski definition) is 1. The molecule has 36 heavy (non-hydrogen) atoms. The van der Waals surface area contributed by atoms with Gasteiger partial charge < -0.3 is 10.2 Å². The van der Waals surface area contributed by atoms with Crippen molar-refractivity contribution in [2.45, 2.75) is 51.1 Å². The van der Waals surface area contributed by atoms with Gasteiger partial charge in [-0.25, -0.2) is 8.78 Å². The molecule has 0 unspecified atom stereocenters. The molecular weight excluding hydrogens is 478 g/mol. The van der Waals surface area contributed by atoms with Crippen LogP contribution in [0.4, 0.5) is 8.78 Å². The van der Waals surface area contributed by atoms with E-state index in [1.807, 2.05) is 44.2 Å². The second-order valence-corrected chi connectivity index (χ2v) is 9.71. The third-order valence-corrected chi connectivity index (χ3v) is 6.98. The first kappa shape index (κ1) is 27.4. The Kier molecular flexibility index (Phi) is 10.5. The SMILES string of the molecule is CC[C@@H](C)NC(=O)[C@H](Cc1ccccc1)N(Cc1ccccc1F)C(=O)CSCc1ccccc1F. The smallest absolute Gasteiger partial charge is 0.243 e. The number of carbonyl (C=O) groups is 2. The summed E-state index contributed by atoms with van der Waals surface area (Å²) >= 11 is 1.27. The van der Waals surface area contributed by atoms with E-state index in [1.54, 1.807) is 36.4 Å². The minimum atomic E-state index is -0.831. The van der Waals surface area contributed by atoms with Gasteiger partial charge in [0, 0.05) is 30.3 Å². The monoisotopic (exact) mass is 510 g/mol. The van der Waals surface area contributed by atoms with Crippen LogP contribution in [0.5, 0.6) is 0 Å². The summed E-state index contributed by atoms with van der Waals surface area (Å²) in [5, 5.41) is 2.99. The molecule has 0 heterocycles. The second kappa shape index (κ2) is 13.8. The largest absolute Gasteiger partial charge is 0.352 e. The zero-order chi connectivity index (χ0) is 25.9. The lowest BCUT2D eigenvalue weighted by Gasteiger charge is -2.32. The van der Waals surface area contributed by atoms with Crippen LogP contribution in [-0.2, 0) is 28.3 Å². The summed E-state index contributed by atoms with van der Waals surface area (Å²) in [7, 11) is 0. The van der Waals surface area contributed by atoms with Gasteiger partial charge in [0.15, 0.2) is 0 Å². The van der Waals surface area contributed by atoms with Crippen molar-refractivity contribution in [2.24, 2.45) is 0 Å². The van der Waals surface area contributed by atoms with Crippen LogP contribution in [0.2, 0.25) is 0 Å². The fraction of sp³-hybridized carbons (Fsp3) is 0.310. The molecule has 1 N–H and O–H groups in total. The first-order valence-electron chi connectivity index (χ1n) is 12.1.